The van der Waals surface area contributed by atoms with E-state index in [1.54, 1.807) is 6.92 Å². The topological polar surface area (TPSA) is 102 Å². The van der Waals surface area contributed by atoms with Crippen molar-refractivity contribution in [2.75, 3.05) is 35.7 Å². The number of nitrogen functional groups attached to an aromatic ring is 1. The second-order valence-corrected chi connectivity index (χ2v) is 7.67. The Balaban J connectivity index is 1.79. The molecular weight excluding hydrogens is 390 g/mol. The quantitative estimate of drug-likeness (QED) is 0.671. The number of benzene rings is 1. The molecule has 29 heavy (non-hydrogen) atoms. The number of hydrogen-bond donors (Lipinski definition) is 2. The summed E-state index contributed by atoms with van der Waals surface area (Å²) in [5.74, 6) is 2.09. The molecule has 3 aromatic rings. The molecule has 152 valence electrons. The van der Waals surface area contributed by atoms with E-state index in [1.165, 1.54) is 0 Å². The van der Waals surface area contributed by atoms with Crippen LogP contribution in [0.3, 0.4) is 0 Å². The molecule has 1 aliphatic heterocycles. The Kier molecular flexibility index (Phi) is 5.38. The fourth-order valence-corrected chi connectivity index (χ4v) is 3.82. The van der Waals surface area contributed by atoms with Gasteiger partial charge >= 0.3 is 0 Å². The molecule has 1 aliphatic rings. The van der Waals surface area contributed by atoms with Crippen LogP contribution in [0.2, 0.25) is 5.02 Å². The lowest BCUT2D eigenvalue weighted by atomic mass is 10.0. The van der Waals surface area contributed by atoms with Crippen LogP contribution in [0.1, 0.15) is 31.3 Å². The fourth-order valence-electron chi connectivity index (χ4n) is 3.60. The van der Waals surface area contributed by atoms with Crippen LogP contribution < -0.4 is 16.0 Å². The van der Waals surface area contributed by atoms with E-state index < -0.39 is 0 Å². The third-order valence-corrected chi connectivity index (χ3v) is 5.33. The molecule has 1 aromatic carbocycles. The van der Waals surface area contributed by atoms with Gasteiger partial charge in [0, 0.05) is 17.5 Å². The van der Waals surface area contributed by atoms with Crippen LogP contribution in [0.5, 0.6) is 0 Å². The average molecular weight is 414 g/mol. The van der Waals surface area contributed by atoms with Gasteiger partial charge in [0.1, 0.15) is 11.6 Å². The van der Waals surface area contributed by atoms with E-state index in [2.05, 4.69) is 45.1 Å². The van der Waals surface area contributed by atoms with Crippen molar-refractivity contribution in [3.63, 3.8) is 0 Å². The first kappa shape index (κ1) is 19.6. The summed E-state index contributed by atoms with van der Waals surface area (Å²) in [6, 6.07) is 8.03. The number of nitrogens with zero attached hydrogens (tertiary/aromatic N) is 5. The number of nitrogens with one attached hydrogen (secondary N) is 1. The van der Waals surface area contributed by atoms with Crippen molar-refractivity contribution in [1.82, 2.24) is 19.9 Å². The molecule has 0 aliphatic carbocycles. The molecule has 0 spiro atoms. The second-order valence-electron chi connectivity index (χ2n) is 7.26. The molecule has 8 nitrogen and oxygen atoms in total. The minimum absolute atomic E-state index is 0.114. The van der Waals surface area contributed by atoms with E-state index in [4.69, 9.17) is 27.1 Å². The summed E-state index contributed by atoms with van der Waals surface area (Å²) in [6.45, 7) is 8.06. The van der Waals surface area contributed by atoms with Gasteiger partial charge in [0.05, 0.1) is 35.8 Å². The van der Waals surface area contributed by atoms with Crippen molar-refractivity contribution in [1.29, 1.82) is 0 Å². The minimum atomic E-state index is -0.114. The van der Waals surface area contributed by atoms with Gasteiger partial charge in [-0.2, -0.15) is 15.0 Å². The van der Waals surface area contributed by atoms with Gasteiger partial charge in [-0.1, -0.05) is 23.7 Å². The Morgan fingerprint density at radius 1 is 1.28 bits per heavy atom. The zero-order chi connectivity index (χ0) is 20.5. The molecule has 0 bridgehead atoms. The van der Waals surface area contributed by atoms with E-state index in [1.807, 2.05) is 18.2 Å². The predicted molar refractivity (Wildman–Crippen MR) is 115 cm³/mol. The van der Waals surface area contributed by atoms with E-state index in [-0.39, 0.29) is 18.0 Å². The first-order valence-corrected chi connectivity index (χ1v) is 9.98. The first-order chi connectivity index (χ1) is 13.9. The van der Waals surface area contributed by atoms with Gasteiger partial charge in [0.25, 0.3) is 0 Å². The monoisotopic (exact) mass is 413 g/mol. The number of anilines is 3. The van der Waals surface area contributed by atoms with Gasteiger partial charge in [-0.05, 0) is 32.9 Å². The van der Waals surface area contributed by atoms with Crippen LogP contribution in [0, 0.1) is 6.92 Å². The highest BCUT2D eigenvalue weighted by molar-refractivity contribution is 6.35. The van der Waals surface area contributed by atoms with Crippen LogP contribution in [0.25, 0.3) is 10.9 Å². The number of morpholine rings is 1. The minimum Gasteiger partial charge on any atom is -0.377 e. The number of rotatable bonds is 4. The first-order valence-electron chi connectivity index (χ1n) is 9.60. The van der Waals surface area contributed by atoms with Gasteiger partial charge in [0.15, 0.2) is 0 Å². The van der Waals surface area contributed by atoms with Crippen molar-refractivity contribution >= 4 is 40.2 Å². The molecule has 0 saturated carbocycles. The maximum atomic E-state index is 6.44. The van der Waals surface area contributed by atoms with E-state index >= 15 is 0 Å². The summed E-state index contributed by atoms with van der Waals surface area (Å²) >= 11 is 6.44. The lowest BCUT2D eigenvalue weighted by molar-refractivity contribution is 0.0984. The lowest BCUT2D eigenvalue weighted by Gasteiger charge is -2.36. The molecule has 3 heterocycles. The Morgan fingerprint density at radius 3 is 2.86 bits per heavy atom. The van der Waals surface area contributed by atoms with Crippen molar-refractivity contribution in [2.45, 2.75) is 32.9 Å². The van der Waals surface area contributed by atoms with Gasteiger partial charge < -0.3 is 20.7 Å². The summed E-state index contributed by atoms with van der Waals surface area (Å²) in [7, 11) is 0. The third-order valence-electron chi connectivity index (χ3n) is 5.02. The molecule has 2 aromatic heterocycles. The molecule has 0 unspecified atom stereocenters. The summed E-state index contributed by atoms with van der Waals surface area (Å²) < 4.78 is 5.62. The molecule has 3 N–H and O–H groups in total. The normalized spacial score (nSPS) is 18.1. The number of aryl methyl sites for hydroxylation is 1. The number of aromatic nitrogens is 4. The van der Waals surface area contributed by atoms with Crippen LogP contribution in [-0.4, -0.2) is 45.7 Å². The third kappa shape index (κ3) is 4.04. The van der Waals surface area contributed by atoms with Crippen LogP contribution in [0.4, 0.5) is 17.7 Å². The van der Waals surface area contributed by atoms with Crippen LogP contribution in [0.15, 0.2) is 24.3 Å². The number of hydrogen-bond acceptors (Lipinski definition) is 8. The summed E-state index contributed by atoms with van der Waals surface area (Å²) in [4.78, 5) is 19.8. The number of fused-ring (bicyclic) bond motifs is 1. The Labute approximate surface area is 174 Å². The van der Waals surface area contributed by atoms with Gasteiger partial charge in [-0.25, -0.2) is 4.98 Å². The zero-order valence-corrected chi connectivity index (χ0v) is 17.4. The van der Waals surface area contributed by atoms with E-state index in [9.17, 15) is 0 Å². The largest absolute Gasteiger partial charge is 0.377 e. The SMILES string of the molecule is Cc1nc(N)nc(N[C@@H](C)c2cc3cccc(Cl)c3nc2N2CCOC[C@@H]2C)n1. The van der Waals surface area contributed by atoms with Crippen molar-refractivity contribution in [3.05, 3.63) is 40.7 Å². The van der Waals surface area contributed by atoms with Gasteiger partial charge in [0.2, 0.25) is 11.9 Å². The molecule has 2 atom stereocenters. The van der Waals surface area contributed by atoms with Crippen molar-refractivity contribution in [3.8, 4) is 0 Å². The molecule has 1 saturated heterocycles. The maximum Gasteiger partial charge on any atom is 0.228 e. The highest BCUT2D eigenvalue weighted by Gasteiger charge is 2.26. The molecule has 4 rings (SSSR count). The van der Waals surface area contributed by atoms with Crippen molar-refractivity contribution in [2.24, 2.45) is 0 Å². The molecule has 0 radical (unpaired) electrons. The van der Waals surface area contributed by atoms with Crippen molar-refractivity contribution < 1.29 is 4.74 Å². The number of pyridine rings is 1. The van der Waals surface area contributed by atoms with Crippen LogP contribution >= 0.6 is 11.6 Å². The number of halogens is 1. The highest BCUT2D eigenvalue weighted by Crippen LogP contribution is 2.34. The summed E-state index contributed by atoms with van der Waals surface area (Å²) in [6.07, 6.45) is 0. The van der Waals surface area contributed by atoms with Gasteiger partial charge in [-0.15, -0.1) is 0 Å². The lowest BCUT2D eigenvalue weighted by Crippen LogP contribution is -2.44. The van der Waals surface area contributed by atoms with E-state index in [0.717, 1.165) is 28.8 Å². The molecule has 0 amide bonds. The zero-order valence-electron chi connectivity index (χ0n) is 16.7. The fraction of sp³-hybridized carbons (Fsp3) is 0.400. The molecular formula is C20H24ClN7O. The van der Waals surface area contributed by atoms with Gasteiger partial charge in [-0.3, -0.25) is 0 Å². The molecule has 9 heteroatoms. The van der Waals surface area contributed by atoms with E-state index in [0.29, 0.717) is 30.0 Å². The maximum absolute atomic E-state index is 6.44. The second kappa shape index (κ2) is 7.96. The molecule has 1 fully saturated rings. The number of nitrogens with two attached hydrogens (primary N) is 1. The smallest absolute Gasteiger partial charge is 0.228 e. The average Bonchev–Trinajstić information content (AvgIpc) is 2.67. The Morgan fingerprint density at radius 2 is 2.10 bits per heavy atom. The summed E-state index contributed by atoms with van der Waals surface area (Å²) in [5.41, 5.74) is 7.60. The predicted octanol–water partition coefficient (Wildman–Crippen LogP) is 3.36. The number of ether oxygens (including phenoxy) is 1. The van der Waals surface area contributed by atoms with Crippen LogP contribution in [-0.2, 0) is 4.74 Å². The Hall–Kier alpha value is -2.71. The summed E-state index contributed by atoms with van der Waals surface area (Å²) in [5, 5.41) is 4.96. The Bertz CT molecular complexity index is 1020. The standard InChI is InChI=1S/C20H24ClN7O/c1-11-10-29-8-7-28(11)18-15(9-14-5-4-6-16(21)17(14)26-18)12(2)23-20-25-13(3)24-19(22)27-20/h4-6,9,11-12H,7-8,10H2,1-3H3,(H3,22,23,24,25,27)/t11-,12-/m0/s1. The number of para-hydroxylation sites is 1. The highest BCUT2D eigenvalue weighted by atomic mass is 35.5.